The van der Waals surface area contributed by atoms with E-state index >= 15 is 0 Å². The minimum atomic E-state index is -5.00. The van der Waals surface area contributed by atoms with Gasteiger partial charge in [-0.25, -0.2) is 17.6 Å². The van der Waals surface area contributed by atoms with E-state index in [1.165, 1.54) is 11.0 Å². The first-order valence-corrected chi connectivity index (χ1v) is 9.94. The summed E-state index contributed by atoms with van der Waals surface area (Å²) in [4.78, 5) is 11.8. The number of piperazine rings is 1. The molecule has 11 heteroatoms. The Bertz CT molecular complexity index is 1030. The van der Waals surface area contributed by atoms with Crippen LogP contribution in [-0.2, 0) is 16.0 Å². The molecule has 29 heavy (non-hydrogen) atoms. The molecule has 0 atom stereocenters. The van der Waals surface area contributed by atoms with E-state index in [4.69, 9.17) is 5.11 Å². The molecule has 2 aromatic carbocycles. The zero-order valence-electron chi connectivity index (χ0n) is 14.9. The van der Waals surface area contributed by atoms with E-state index in [-0.39, 0.29) is 31.9 Å². The molecule has 0 unspecified atom stereocenters. The van der Waals surface area contributed by atoms with Crippen LogP contribution in [0.5, 0.6) is 0 Å². The number of hydrogen-bond donors (Lipinski definition) is 1. The molecule has 0 spiro atoms. The van der Waals surface area contributed by atoms with Crippen molar-refractivity contribution < 1.29 is 35.9 Å². The second-order valence-corrected chi connectivity index (χ2v) is 8.28. The van der Waals surface area contributed by atoms with Crippen LogP contribution in [0, 0.1) is 5.82 Å². The maximum absolute atomic E-state index is 13.9. The first-order chi connectivity index (χ1) is 13.5. The molecule has 0 aromatic heterocycles. The minimum Gasteiger partial charge on any atom is -0.465 e. The van der Waals surface area contributed by atoms with Gasteiger partial charge in [0.25, 0.3) is 0 Å². The Hall–Kier alpha value is -2.82. The molecule has 1 aliphatic rings. The predicted molar refractivity (Wildman–Crippen MR) is 95.1 cm³/mol. The van der Waals surface area contributed by atoms with Crippen molar-refractivity contribution in [3.8, 4) is 0 Å². The van der Waals surface area contributed by atoms with Crippen LogP contribution in [0.15, 0.2) is 52.3 Å². The average molecular weight is 432 g/mol. The zero-order chi connectivity index (χ0) is 21.4. The first kappa shape index (κ1) is 20.9. The highest BCUT2D eigenvalue weighted by Gasteiger charge is 2.41. The second kappa shape index (κ2) is 7.54. The van der Waals surface area contributed by atoms with Crippen molar-refractivity contribution in [2.45, 2.75) is 16.0 Å². The van der Waals surface area contributed by atoms with E-state index in [1.54, 1.807) is 0 Å². The lowest BCUT2D eigenvalue weighted by Gasteiger charge is -2.36. The molecule has 156 valence electrons. The Morgan fingerprint density at radius 2 is 1.62 bits per heavy atom. The topological polar surface area (TPSA) is 77.9 Å². The van der Waals surface area contributed by atoms with Gasteiger partial charge in [0, 0.05) is 26.2 Å². The van der Waals surface area contributed by atoms with Crippen LogP contribution in [0.1, 0.15) is 5.56 Å². The number of alkyl halides is 3. The summed E-state index contributed by atoms with van der Waals surface area (Å²) in [6.45, 7) is -0.0985. The lowest BCUT2D eigenvalue weighted by Crippen LogP contribution is -2.48. The average Bonchev–Trinajstić information content (AvgIpc) is 2.66. The van der Waals surface area contributed by atoms with Crippen LogP contribution in [0.25, 0.3) is 0 Å². The Morgan fingerprint density at radius 3 is 2.17 bits per heavy atom. The van der Waals surface area contributed by atoms with Crippen molar-refractivity contribution in [2.24, 2.45) is 0 Å². The molecule has 1 N–H and O–H groups in total. The molecule has 1 amide bonds. The Labute approximate surface area is 163 Å². The van der Waals surface area contributed by atoms with Crippen molar-refractivity contribution in [1.82, 2.24) is 4.90 Å². The van der Waals surface area contributed by atoms with E-state index in [0.29, 0.717) is 6.07 Å². The molecule has 1 fully saturated rings. The van der Waals surface area contributed by atoms with Gasteiger partial charge in [0.05, 0.1) is 21.0 Å². The van der Waals surface area contributed by atoms with E-state index < -0.39 is 43.3 Å². The number of halogens is 4. The highest BCUT2D eigenvalue weighted by Crippen LogP contribution is 2.42. The summed E-state index contributed by atoms with van der Waals surface area (Å²) in [5.41, 5.74) is -1.71. The van der Waals surface area contributed by atoms with Gasteiger partial charge in [-0.2, -0.15) is 13.2 Å². The number of amides is 1. The van der Waals surface area contributed by atoms with Crippen LogP contribution < -0.4 is 4.90 Å². The summed E-state index contributed by atoms with van der Waals surface area (Å²) in [5.74, 6) is -0.888. The monoisotopic (exact) mass is 432 g/mol. The largest absolute Gasteiger partial charge is 0.465 e. The van der Waals surface area contributed by atoms with E-state index in [9.17, 15) is 30.8 Å². The van der Waals surface area contributed by atoms with Gasteiger partial charge >= 0.3 is 12.3 Å². The fourth-order valence-electron chi connectivity index (χ4n) is 3.19. The second-order valence-electron chi connectivity index (χ2n) is 6.37. The zero-order valence-corrected chi connectivity index (χ0v) is 15.7. The Balaban J connectivity index is 2.11. The van der Waals surface area contributed by atoms with Gasteiger partial charge in [-0.15, -0.1) is 0 Å². The van der Waals surface area contributed by atoms with Gasteiger partial charge in [0.15, 0.2) is 0 Å². The third-order valence-corrected chi connectivity index (χ3v) is 6.37. The summed E-state index contributed by atoms with van der Waals surface area (Å²) in [6.07, 6.45) is -6.18. The normalized spacial score (nSPS) is 15.4. The van der Waals surface area contributed by atoms with Gasteiger partial charge < -0.3 is 14.9 Å². The molecule has 6 nitrogen and oxygen atoms in total. The third-order valence-electron chi connectivity index (χ3n) is 4.57. The molecule has 1 aliphatic heterocycles. The molecule has 0 radical (unpaired) electrons. The molecule has 0 aliphatic carbocycles. The van der Waals surface area contributed by atoms with Crippen LogP contribution in [0.3, 0.4) is 0 Å². The molecule has 1 heterocycles. The number of nitrogens with zero attached hydrogens (tertiary/aromatic N) is 2. The number of hydrogen-bond acceptors (Lipinski definition) is 4. The third kappa shape index (κ3) is 4.14. The lowest BCUT2D eigenvalue weighted by molar-refractivity contribution is -0.139. The van der Waals surface area contributed by atoms with Gasteiger partial charge in [0.1, 0.15) is 5.82 Å². The first-order valence-electron chi connectivity index (χ1n) is 8.45. The molecular formula is C18H16F4N2O4S. The quantitative estimate of drug-likeness (QED) is 0.752. The highest BCUT2D eigenvalue weighted by molar-refractivity contribution is 7.91. The van der Waals surface area contributed by atoms with Crippen molar-refractivity contribution >= 4 is 21.6 Å². The maximum atomic E-state index is 13.9. The van der Waals surface area contributed by atoms with E-state index in [1.807, 2.05) is 0 Å². The lowest BCUT2D eigenvalue weighted by atomic mass is 10.1. The molecule has 1 saturated heterocycles. The van der Waals surface area contributed by atoms with Gasteiger partial charge in [0.2, 0.25) is 9.84 Å². The number of benzene rings is 2. The molecule has 0 saturated carbocycles. The van der Waals surface area contributed by atoms with Gasteiger partial charge in [-0.05, 0) is 30.3 Å². The summed E-state index contributed by atoms with van der Waals surface area (Å²) < 4.78 is 81.0. The van der Waals surface area contributed by atoms with Crippen molar-refractivity contribution in [3.05, 3.63) is 53.8 Å². The van der Waals surface area contributed by atoms with Crippen LogP contribution in [0.2, 0.25) is 0 Å². The molecule has 2 aromatic rings. The summed E-state index contributed by atoms with van der Waals surface area (Å²) in [5, 5.41) is 9.00. The fourth-order valence-corrected chi connectivity index (χ4v) is 4.72. The minimum absolute atomic E-state index is 0.0203. The number of sulfone groups is 1. The Morgan fingerprint density at radius 1 is 1.00 bits per heavy atom. The molecule has 0 bridgehead atoms. The van der Waals surface area contributed by atoms with Gasteiger partial charge in [-0.1, -0.05) is 12.1 Å². The summed E-state index contributed by atoms with van der Waals surface area (Å²) >= 11 is 0. The number of rotatable bonds is 3. The number of anilines is 1. The van der Waals surface area contributed by atoms with Crippen molar-refractivity contribution in [1.29, 1.82) is 0 Å². The number of carboxylic acid groups (broad SMARTS) is 1. The summed E-state index contributed by atoms with van der Waals surface area (Å²) in [7, 11) is -4.65. The Kier molecular flexibility index (Phi) is 5.44. The highest BCUT2D eigenvalue weighted by atomic mass is 32.2. The standard InChI is InChI=1S/C18H16F4N2O4S/c19-12-3-1-4-13(11-12)29(27,28)15-6-2-5-14(16(15)18(20,21)22)23-7-9-24(10-8-23)17(25)26/h1-6,11H,7-10H2,(H,25,26). The number of carbonyl (C=O) groups is 1. The predicted octanol–water partition coefficient (Wildman–Crippen LogP) is 3.48. The van der Waals surface area contributed by atoms with E-state index in [0.717, 1.165) is 35.2 Å². The smallest absolute Gasteiger partial charge is 0.419 e. The van der Waals surface area contributed by atoms with Crippen LogP contribution >= 0.6 is 0 Å². The maximum Gasteiger partial charge on any atom is 0.419 e. The van der Waals surface area contributed by atoms with Crippen molar-refractivity contribution in [2.75, 3.05) is 31.1 Å². The molecular weight excluding hydrogens is 416 g/mol. The van der Waals surface area contributed by atoms with E-state index in [2.05, 4.69) is 0 Å². The van der Waals surface area contributed by atoms with Crippen LogP contribution in [0.4, 0.5) is 28.0 Å². The summed E-state index contributed by atoms with van der Waals surface area (Å²) in [6, 6.07) is 6.93. The fraction of sp³-hybridized carbons (Fsp3) is 0.278. The van der Waals surface area contributed by atoms with Crippen molar-refractivity contribution in [3.63, 3.8) is 0 Å². The SMILES string of the molecule is O=C(O)N1CCN(c2cccc(S(=O)(=O)c3cccc(F)c3)c2C(F)(F)F)CC1. The molecule has 3 rings (SSSR count). The van der Waals surface area contributed by atoms with Crippen LogP contribution in [-0.4, -0.2) is 50.7 Å². The van der Waals surface area contributed by atoms with Gasteiger partial charge in [-0.3, -0.25) is 0 Å².